The fourth-order valence-electron chi connectivity index (χ4n) is 2.09. The quantitative estimate of drug-likeness (QED) is 0.775. The van der Waals surface area contributed by atoms with Crippen molar-refractivity contribution in [2.45, 2.75) is 26.2 Å². The van der Waals surface area contributed by atoms with Gasteiger partial charge in [0.2, 0.25) is 17.8 Å². The summed E-state index contributed by atoms with van der Waals surface area (Å²) < 4.78 is 0. The lowest BCUT2D eigenvalue weighted by atomic mass is 10.1. The highest BCUT2D eigenvalue weighted by Gasteiger charge is 2.16. The third-order valence-corrected chi connectivity index (χ3v) is 2.92. The van der Waals surface area contributed by atoms with Gasteiger partial charge in [-0.05, 0) is 26.2 Å². The SMILES string of the molecule is CCNc1nc(NN(C)C)nc(N2CCCCC2)n1. The molecule has 2 rings (SSSR count). The first-order valence-corrected chi connectivity index (χ1v) is 6.88. The maximum absolute atomic E-state index is 4.49. The monoisotopic (exact) mass is 265 g/mol. The Bertz CT molecular complexity index is 401. The van der Waals surface area contributed by atoms with E-state index in [0.29, 0.717) is 11.9 Å². The molecule has 2 heterocycles. The molecule has 1 aliphatic rings. The number of hydrogen-bond donors (Lipinski definition) is 2. The minimum Gasteiger partial charge on any atom is -0.354 e. The van der Waals surface area contributed by atoms with E-state index in [2.05, 4.69) is 30.6 Å². The first kappa shape index (κ1) is 13.8. The summed E-state index contributed by atoms with van der Waals surface area (Å²) in [5.74, 6) is 1.97. The molecule has 0 unspecified atom stereocenters. The van der Waals surface area contributed by atoms with Crippen molar-refractivity contribution in [3.05, 3.63) is 0 Å². The fraction of sp³-hybridized carbons (Fsp3) is 0.750. The van der Waals surface area contributed by atoms with Gasteiger partial charge in [-0.3, -0.25) is 5.43 Å². The predicted molar refractivity (Wildman–Crippen MR) is 77.4 cm³/mol. The van der Waals surface area contributed by atoms with Crippen LogP contribution < -0.4 is 15.6 Å². The number of hydrazine groups is 1. The van der Waals surface area contributed by atoms with Gasteiger partial charge in [-0.25, -0.2) is 5.01 Å². The summed E-state index contributed by atoms with van der Waals surface area (Å²) in [4.78, 5) is 15.6. The van der Waals surface area contributed by atoms with Crippen LogP contribution in [0.25, 0.3) is 0 Å². The second kappa shape index (κ2) is 6.51. The maximum atomic E-state index is 4.49. The van der Waals surface area contributed by atoms with E-state index >= 15 is 0 Å². The maximum Gasteiger partial charge on any atom is 0.244 e. The fourth-order valence-corrected chi connectivity index (χ4v) is 2.09. The topological polar surface area (TPSA) is 69.2 Å². The van der Waals surface area contributed by atoms with E-state index in [9.17, 15) is 0 Å². The van der Waals surface area contributed by atoms with Crippen molar-refractivity contribution < 1.29 is 0 Å². The van der Waals surface area contributed by atoms with E-state index in [-0.39, 0.29) is 0 Å². The zero-order valence-electron chi connectivity index (χ0n) is 12.0. The average molecular weight is 265 g/mol. The summed E-state index contributed by atoms with van der Waals surface area (Å²) in [6.45, 7) is 4.88. The molecule has 0 aromatic carbocycles. The Morgan fingerprint density at radius 3 is 2.37 bits per heavy atom. The second-order valence-electron chi connectivity index (χ2n) is 4.87. The number of nitrogens with zero attached hydrogens (tertiary/aromatic N) is 5. The van der Waals surface area contributed by atoms with E-state index in [4.69, 9.17) is 0 Å². The summed E-state index contributed by atoms with van der Waals surface area (Å²) in [5, 5.41) is 4.98. The lowest BCUT2D eigenvalue weighted by molar-refractivity contribution is 0.487. The first-order valence-electron chi connectivity index (χ1n) is 6.88. The molecular weight excluding hydrogens is 242 g/mol. The average Bonchev–Trinajstić information content (AvgIpc) is 2.39. The van der Waals surface area contributed by atoms with E-state index < -0.39 is 0 Å². The van der Waals surface area contributed by atoms with Crippen molar-refractivity contribution in [1.29, 1.82) is 0 Å². The van der Waals surface area contributed by atoms with Crippen LogP contribution in [0.5, 0.6) is 0 Å². The highest BCUT2D eigenvalue weighted by molar-refractivity contribution is 5.43. The lowest BCUT2D eigenvalue weighted by Crippen LogP contribution is -2.32. The normalized spacial score (nSPS) is 15.7. The third kappa shape index (κ3) is 3.92. The summed E-state index contributed by atoms with van der Waals surface area (Å²) in [6, 6.07) is 0. The van der Waals surface area contributed by atoms with Crippen LogP contribution in [-0.2, 0) is 0 Å². The number of piperidine rings is 1. The number of aromatic nitrogens is 3. The molecule has 0 atom stereocenters. The smallest absolute Gasteiger partial charge is 0.244 e. The van der Waals surface area contributed by atoms with Gasteiger partial charge in [-0.2, -0.15) is 15.0 Å². The lowest BCUT2D eigenvalue weighted by Gasteiger charge is -2.27. The van der Waals surface area contributed by atoms with Gasteiger partial charge in [-0.15, -0.1) is 0 Å². The first-order chi connectivity index (χ1) is 9.19. The van der Waals surface area contributed by atoms with Crippen molar-refractivity contribution in [1.82, 2.24) is 20.0 Å². The van der Waals surface area contributed by atoms with E-state index in [1.165, 1.54) is 19.3 Å². The minimum absolute atomic E-state index is 0.580. The molecule has 7 heteroatoms. The molecule has 0 radical (unpaired) electrons. The summed E-state index contributed by atoms with van der Waals surface area (Å²) in [7, 11) is 3.83. The van der Waals surface area contributed by atoms with Gasteiger partial charge < -0.3 is 10.2 Å². The van der Waals surface area contributed by atoms with Crippen LogP contribution in [0.4, 0.5) is 17.8 Å². The number of rotatable bonds is 5. The number of nitrogens with one attached hydrogen (secondary N) is 2. The number of anilines is 3. The van der Waals surface area contributed by atoms with Crippen molar-refractivity contribution in [3.8, 4) is 0 Å². The Morgan fingerprint density at radius 1 is 1.05 bits per heavy atom. The van der Waals surface area contributed by atoms with Crippen LogP contribution in [0.1, 0.15) is 26.2 Å². The zero-order chi connectivity index (χ0) is 13.7. The summed E-state index contributed by atoms with van der Waals surface area (Å²) in [5.41, 5.74) is 3.09. The molecule has 1 saturated heterocycles. The molecule has 0 amide bonds. The zero-order valence-corrected chi connectivity index (χ0v) is 12.0. The Kier molecular flexibility index (Phi) is 4.73. The molecule has 106 valence electrons. The molecule has 1 aromatic rings. The molecule has 1 aromatic heterocycles. The highest BCUT2D eigenvalue weighted by Crippen LogP contribution is 2.18. The van der Waals surface area contributed by atoms with Crippen LogP contribution in [-0.4, -0.2) is 53.7 Å². The van der Waals surface area contributed by atoms with Gasteiger partial charge in [0.1, 0.15) is 0 Å². The van der Waals surface area contributed by atoms with Gasteiger partial charge in [0, 0.05) is 33.7 Å². The van der Waals surface area contributed by atoms with Crippen LogP contribution in [0.15, 0.2) is 0 Å². The summed E-state index contributed by atoms with van der Waals surface area (Å²) in [6.07, 6.45) is 3.71. The van der Waals surface area contributed by atoms with Crippen molar-refractivity contribution in [2.24, 2.45) is 0 Å². The summed E-state index contributed by atoms with van der Waals surface area (Å²) >= 11 is 0. The molecule has 1 fully saturated rings. The largest absolute Gasteiger partial charge is 0.354 e. The highest BCUT2D eigenvalue weighted by atomic mass is 15.5. The van der Waals surface area contributed by atoms with Crippen LogP contribution >= 0.6 is 0 Å². The molecule has 7 nitrogen and oxygen atoms in total. The van der Waals surface area contributed by atoms with Gasteiger partial charge in [0.05, 0.1) is 0 Å². The third-order valence-electron chi connectivity index (χ3n) is 2.92. The van der Waals surface area contributed by atoms with Crippen molar-refractivity contribution >= 4 is 17.8 Å². The Morgan fingerprint density at radius 2 is 1.74 bits per heavy atom. The van der Waals surface area contributed by atoms with Gasteiger partial charge >= 0.3 is 0 Å². The van der Waals surface area contributed by atoms with Gasteiger partial charge in [-0.1, -0.05) is 0 Å². The standard InChI is InChI=1S/C12H23N7/c1-4-13-10-14-11(17-18(2)3)16-12(15-10)19-8-6-5-7-9-19/h4-9H2,1-3H3,(H2,13,14,15,16,17). The van der Waals surface area contributed by atoms with Crippen molar-refractivity contribution in [3.63, 3.8) is 0 Å². The Hall–Kier alpha value is -1.63. The molecule has 0 aliphatic carbocycles. The van der Waals surface area contributed by atoms with Gasteiger partial charge in [0.15, 0.2) is 0 Å². The van der Waals surface area contributed by atoms with E-state index in [1.54, 1.807) is 0 Å². The molecular formula is C12H23N7. The van der Waals surface area contributed by atoms with Crippen LogP contribution in [0.3, 0.4) is 0 Å². The molecule has 19 heavy (non-hydrogen) atoms. The Labute approximate surface area is 114 Å². The molecule has 0 bridgehead atoms. The Balaban J connectivity index is 2.21. The molecule has 0 spiro atoms. The molecule has 1 aliphatic heterocycles. The van der Waals surface area contributed by atoms with Gasteiger partial charge in [0.25, 0.3) is 0 Å². The van der Waals surface area contributed by atoms with Crippen LogP contribution in [0, 0.1) is 0 Å². The minimum atomic E-state index is 0.580. The predicted octanol–water partition coefficient (Wildman–Crippen LogP) is 1.18. The second-order valence-corrected chi connectivity index (χ2v) is 4.87. The van der Waals surface area contributed by atoms with Crippen molar-refractivity contribution in [2.75, 3.05) is 49.4 Å². The van der Waals surface area contributed by atoms with Crippen LogP contribution in [0.2, 0.25) is 0 Å². The molecule has 0 saturated carbocycles. The van der Waals surface area contributed by atoms with E-state index in [1.807, 2.05) is 26.0 Å². The number of hydrogen-bond acceptors (Lipinski definition) is 7. The van der Waals surface area contributed by atoms with E-state index in [0.717, 1.165) is 25.6 Å². The molecule has 2 N–H and O–H groups in total.